The number of alkyl halides is 9. The fourth-order valence-corrected chi connectivity index (χ4v) is 1.32. The third-order valence-corrected chi connectivity index (χ3v) is 2.74. The fourth-order valence-electron chi connectivity index (χ4n) is 1.32. The van der Waals surface area contributed by atoms with Crippen LogP contribution in [0.1, 0.15) is 19.8 Å². The Morgan fingerprint density at radius 3 is 1.78 bits per heavy atom. The second-order valence-electron chi connectivity index (χ2n) is 4.64. The van der Waals surface area contributed by atoms with Crippen LogP contribution in [0.25, 0.3) is 0 Å². The molecular formula is C11H11F9O3. The Balaban J connectivity index is 5.26. The van der Waals surface area contributed by atoms with Gasteiger partial charge in [0.15, 0.2) is 0 Å². The summed E-state index contributed by atoms with van der Waals surface area (Å²) in [7, 11) is 0. The molecule has 12 heteroatoms. The summed E-state index contributed by atoms with van der Waals surface area (Å²) in [6.07, 6.45) is -12.1. The van der Waals surface area contributed by atoms with Crippen molar-refractivity contribution in [3.05, 3.63) is 11.6 Å². The second kappa shape index (κ2) is 6.57. The van der Waals surface area contributed by atoms with Crippen LogP contribution in [0.5, 0.6) is 0 Å². The minimum atomic E-state index is -7.02. The van der Waals surface area contributed by atoms with Crippen LogP contribution >= 0.6 is 0 Å². The van der Waals surface area contributed by atoms with Gasteiger partial charge >= 0.3 is 29.9 Å². The standard InChI is InChI=1S/C11H11F9O3/c1-5(7(22)23)2-3-6(21)4-8(12,13)9(14,15)10(16,17)11(18,19)20/h2,6,21H,3-4H2,1H3,(H,22,23). The molecule has 0 saturated heterocycles. The van der Waals surface area contributed by atoms with Crippen LogP contribution in [0.4, 0.5) is 39.5 Å². The zero-order valence-electron chi connectivity index (χ0n) is 11.3. The van der Waals surface area contributed by atoms with E-state index in [1.807, 2.05) is 0 Å². The number of halogens is 9. The predicted octanol–water partition coefficient (Wildman–Crippen LogP) is 3.63. The van der Waals surface area contributed by atoms with Crippen LogP contribution in [0, 0.1) is 0 Å². The van der Waals surface area contributed by atoms with Crippen molar-refractivity contribution in [1.82, 2.24) is 0 Å². The minimum Gasteiger partial charge on any atom is -0.478 e. The van der Waals surface area contributed by atoms with E-state index in [-0.39, 0.29) is 0 Å². The van der Waals surface area contributed by atoms with Crippen molar-refractivity contribution in [2.45, 2.75) is 49.8 Å². The topological polar surface area (TPSA) is 57.5 Å². The predicted molar refractivity (Wildman–Crippen MR) is 57.5 cm³/mol. The summed E-state index contributed by atoms with van der Waals surface area (Å²) in [6, 6.07) is 0. The number of rotatable bonds is 7. The molecule has 0 spiro atoms. The molecule has 0 radical (unpaired) electrons. The zero-order chi connectivity index (χ0) is 18.9. The highest BCUT2D eigenvalue weighted by atomic mass is 19.4. The average Bonchev–Trinajstić information content (AvgIpc) is 2.33. The van der Waals surface area contributed by atoms with E-state index in [1.54, 1.807) is 0 Å². The molecule has 0 bridgehead atoms. The number of carboxylic acids is 1. The smallest absolute Gasteiger partial charge is 0.460 e. The first kappa shape index (κ1) is 21.5. The highest BCUT2D eigenvalue weighted by molar-refractivity contribution is 5.85. The van der Waals surface area contributed by atoms with Gasteiger partial charge in [-0.2, -0.15) is 39.5 Å². The SMILES string of the molecule is CC(=CCC(O)CC(F)(F)C(F)(F)C(F)(F)C(F)(F)F)C(=O)O. The van der Waals surface area contributed by atoms with Gasteiger partial charge in [-0.05, 0) is 13.3 Å². The Labute approximate surface area is 123 Å². The van der Waals surface area contributed by atoms with E-state index in [0.717, 1.165) is 6.92 Å². The molecule has 0 aliphatic heterocycles. The summed E-state index contributed by atoms with van der Waals surface area (Å²) in [5.74, 6) is -21.2. The molecule has 0 aromatic rings. The Hall–Kier alpha value is -1.46. The number of carboxylic acid groups (broad SMARTS) is 1. The summed E-state index contributed by atoms with van der Waals surface area (Å²) in [5.41, 5.74) is -0.472. The van der Waals surface area contributed by atoms with Crippen molar-refractivity contribution < 1.29 is 54.5 Å². The summed E-state index contributed by atoms with van der Waals surface area (Å²) in [5, 5.41) is 17.5. The van der Waals surface area contributed by atoms with Gasteiger partial charge in [0.05, 0.1) is 6.10 Å². The molecule has 136 valence electrons. The lowest BCUT2D eigenvalue weighted by molar-refractivity contribution is -0.398. The molecular weight excluding hydrogens is 351 g/mol. The maximum atomic E-state index is 13.1. The number of hydrogen-bond donors (Lipinski definition) is 2. The Morgan fingerprint density at radius 2 is 1.43 bits per heavy atom. The van der Waals surface area contributed by atoms with Crippen LogP contribution in [0.15, 0.2) is 11.6 Å². The van der Waals surface area contributed by atoms with Gasteiger partial charge in [0.1, 0.15) is 0 Å². The second-order valence-corrected chi connectivity index (χ2v) is 4.64. The van der Waals surface area contributed by atoms with E-state index in [4.69, 9.17) is 10.2 Å². The molecule has 0 aliphatic rings. The van der Waals surface area contributed by atoms with Gasteiger partial charge in [-0.15, -0.1) is 0 Å². The van der Waals surface area contributed by atoms with Crippen molar-refractivity contribution in [3.8, 4) is 0 Å². The maximum Gasteiger partial charge on any atom is 0.460 e. The number of aliphatic hydroxyl groups excluding tert-OH is 1. The molecule has 2 N–H and O–H groups in total. The molecule has 23 heavy (non-hydrogen) atoms. The highest BCUT2D eigenvalue weighted by Crippen LogP contribution is 2.54. The summed E-state index contributed by atoms with van der Waals surface area (Å²) in [6.45, 7) is 0.958. The molecule has 0 rings (SSSR count). The van der Waals surface area contributed by atoms with Crippen molar-refractivity contribution in [1.29, 1.82) is 0 Å². The van der Waals surface area contributed by atoms with Crippen molar-refractivity contribution >= 4 is 5.97 Å². The first-order chi connectivity index (χ1) is 9.97. The lowest BCUT2D eigenvalue weighted by Gasteiger charge is -2.34. The van der Waals surface area contributed by atoms with Crippen LogP contribution in [0.2, 0.25) is 0 Å². The third-order valence-electron chi connectivity index (χ3n) is 2.74. The van der Waals surface area contributed by atoms with E-state index in [2.05, 4.69) is 0 Å². The lowest BCUT2D eigenvalue weighted by Crippen LogP contribution is -2.61. The van der Waals surface area contributed by atoms with E-state index in [1.165, 1.54) is 0 Å². The fraction of sp³-hybridized carbons (Fsp3) is 0.727. The van der Waals surface area contributed by atoms with Crippen molar-refractivity contribution in [3.63, 3.8) is 0 Å². The van der Waals surface area contributed by atoms with Crippen molar-refractivity contribution in [2.75, 3.05) is 0 Å². The molecule has 0 aromatic carbocycles. The Kier molecular flexibility index (Phi) is 6.16. The molecule has 0 fully saturated rings. The van der Waals surface area contributed by atoms with Crippen LogP contribution < -0.4 is 0 Å². The van der Waals surface area contributed by atoms with Crippen LogP contribution in [0.3, 0.4) is 0 Å². The number of hydrogen-bond acceptors (Lipinski definition) is 2. The van der Waals surface area contributed by atoms with Gasteiger partial charge in [-0.25, -0.2) is 4.79 Å². The highest BCUT2D eigenvalue weighted by Gasteiger charge is 2.81. The molecule has 0 aromatic heterocycles. The summed E-state index contributed by atoms with van der Waals surface area (Å²) in [4.78, 5) is 10.4. The van der Waals surface area contributed by atoms with Gasteiger partial charge in [-0.1, -0.05) is 6.08 Å². The number of aliphatic carboxylic acids is 1. The molecule has 0 heterocycles. The van der Waals surface area contributed by atoms with E-state index < -0.39 is 54.4 Å². The van der Waals surface area contributed by atoms with Gasteiger partial charge in [0.25, 0.3) is 0 Å². The summed E-state index contributed by atoms with van der Waals surface area (Å²) >= 11 is 0. The van der Waals surface area contributed by atoms with Gasteiger partial charge in [-0.3, -0.25) is 0 Å². The number of carbonyl (C=O) groups is 1. The largest absolute Gasteiger partial charge is 0.478 e. The molecule has 0 saturated carbocycles. The van der Waals surface area contributed by atoms with Crippen LogP contribution in [-0.2, 0) is 4.79 Å². The molecule has 1 unspecified atom stereocenters. The Bertz CT molecular complexity index is 468. The van der Waals surface area contributed by atoms with Gasteiger partial charge < -0.3 is 10.2 Å². The molecule has 3 nitrogen and oxygen atoms in total. The first-order valence-electron chi connectivity index (χ1n) is 5.75. The minimum absolute atomic E-state index is 0.472. The quantitative estimate of drug-likeness (QED) is 0.537. The molecule has 0 aliphatic carbocycles. The van der Waals surface area contributed by atoms with Gasteiger partial charge in [0.2, 0.25) is 0 Å². The summed E-state index contributed by atoms with van der Waals surface area (Å²) < 4.78 is 113. The first-order valence-corrected chi connectivity index (χ1v) is 5.75. The molecule has 0 amide bonds. The lowest BCUT2D eigenvalue weighted by atomic mass is 9.97. The van der Waals surface area contributed by atoms with E-state index >= 15 is 0 Å². The van der Waals surface area contributed by atoms with E-state index in [0.29, 0.717) is 6.08 Å². The third kappa shape index (κ3) is 4.52. The zero-order valence-corrected chi connectivity index (χ0v) is 11.3. The Morgan fingerprint density at radius 1 is 1.00 bits per heavy atom. The van der Waals surface area contributed by atoms with Crippen LogP contribution in [-0.4, -0.2) is 46.2 Å². The average molecular weight is 362 g/mol. The van der Waals surface area contributed by atoms with Crippen molar-refractivity contribution in [2.24, 2.45) is 0 Å². The molecule has 1 atom stereocenters. The monoisotopic (exact) mass is 362 g/mol. The number of aliphatic hydroxyl groups is 1. The normalized spacial score (nSPS) is 16.4. The van der Waals surface area contributed by atoms with Gasteiger partial charge in [0, 0.05) is 12.0 Å². The van der Waals surface area contributed by atoms with E-state index in [9.17, 15) is 44.3 Å². The maximum absolute atomic E-state index is 13.1.